The molecule has 3 fully saturated rings. The summed E-state index contributed by atoms with van der Waals surface area (Å²) in [4.78, 5) is 66.4. The summed E-state index contributed by atoms with van der Waals surface area (Å²) in [5.41, 5.74) is 0. The maximum atomic E-state index is 14.9. The molecular formula is C89H167O25P. The maximum absolute atomic E-state index is 14.9. The number of hydrogen-bond donors (Lipinski definition) is 10. The van der Waals surface area contributed by atoms with Crippen molar-refractivity contribution in [3.05, 3.63) is 0 Å². The van der Waals surface area contributed by atoms with E-state index in [9.17, 15) is 74.6 Å². The number of rotatable bonds is 76. The zero-order valence-electron chi connectivity index (χ0n) is 72.1. The van der Waals surface area contributed by atoms with Gasteiger partial charge in [-0.1, -0.05) is 362 Å². The highest BCUT2D eigenvalue weighted by atomic mass is 31.2. The van der Waals surface area contributed by atoms with Crippen molar-refractivity contribution in [1.29, 1.82) is 0 Å². The highest BCUT2D eigenvalue weighted by Gasteiger charge is 2.60. The molecular weight excluding hydrogens is 1500 g/mol. The number of carbonyl (C=O) groups excluding carboxylic acids is 4. The Bertz CT molecular complexity index is 2400. The monoisotopic (exact) mass is 1670 g/mol. The number of unbranched alkanes of at least 4 members (excludes halogenated alkanes) is 52. The van der Waals surface area contributed by atoms with Crippen LogP contribution in [0.1, 0.15) is 413 Å². The van der Waals surface area contributed by atoms with Crippen LogP contribution >= 0.6 is 7.82 Å². The molecule has 2 heterocycles. The predicted octanol–water partition coefficient (Wildman–Crippen LogP) is 17.0. The van der Waals surface area contributed by atoms with E-state index in [1.165, 1.54) is 199 Å². The summed E-state index contributed by atoms with van der Waals surface area (Å²) in [6.07, 6.45) is 25.3. The van der Waals surface area contributed by atoms with Crippen LogP contribution in [0.5, 0.6) is 0 Å². The van der Waals surface area contributed by atoms with Crippen molar-refractivity contribution in [3.8, 4) is 0 Å². The molecule has 18 atom stereocenters. The zero-order valence-corrected chi connectivity index (χ0v) is 73.0. The first-order chi connectivity index (χ1) is 55.7. The van der Waals surface area contributed by atoms with Crippen molar-refractivity contribution in [1.82, 2.24) is 0 Å². The van der Waals surface area contributed by atoms with Gasteiger partial charge in [0.05, 0.1) is 13.2 Å². The molecule has 3 aliphatic rings. The van der Waals surface area contributed by atoms with E-state index in [-0.39, 0.29) is 25.7 Å². The lowest BCUT2D eigenvalue weighted by atomic mass is 9.84. The van der Waals surface area contributed by atoms with Crippen LogP contribution < -0.4 is 0 Å². The molecule has 0 aromatic carbocycles. The minimum absolute atomic E-state index is 0.0202. The van der Waals surface area contributed by atoms with Crippen molar-refractivity contribution in [2.24, 2.45) is 0 Å². The first-order valence-corrected chi connectivity index (χ1v) is 48.3. The lowest BCUT2D eigenvalue weighted by Crippen LogP contribution is -2.70. The third kappa shape index (κ3) is 49.4. The Balaban J connectivity index is 1.91. The molecule has 0 aromatic heterocycles. The van der Waals surface area contributed by atoms with Gasteiger partial charge >= 0.3 is 31.7 Å². The van der Waals surface area contributed by atoms with Gasteiger partial charge < -0.3 is 88.7 Å². The topological polar surface area (TPSA) is 380 Å². The lowest BCUT2D eigenvalue weighted by Gasteiger charge is -2.50. The summed E-state index contributed by atoms with van der Waals surface area (Å²) < 4.78 is 73.4. The van der Waals surface area contributed by atoms with E-state index in [0.717, 1.165) is 128 Å². The average molecular weight is 1670 g/mol. The summed E-state index contributed by atoms with van der Waals surface area (Å²) in [7, 11) is -5.80. The fourth-order valence-electron chi connectivity index (χ4n) is 15.7. The van der Waals surface area contributed by atoms with Crippen LogP contribution in [-0.2, 0) is 70.7 Å². The van der Waals surface area contributed by atoms with Crippen LogP contribution in [0.4, 0.5) is 0 Å². The Kier molecular flexibility index (Phi) is 63.9. The standard InChI is InChI=1S/C89H167O25P/c1-5-9-13-17-21-25-29-33-35-39-41-45-49-53-57-61-72(91)105-66-69(108-74(93)63-59-55-51-47-43-37-31-27-23-19-15-11-7-3)67-107-115(103,104)114-87-85(112-88-82(101)78(97)76(95)70(65-90)109-88)81(100)80(99)84(111-75(94)64-60-56-52-48-44-38-32-28-24-20-16-12-8-4)86(87)113-89-83(102)79(98)77(96)71(110-89)68-106-73(92)62-58-54-50-46-42-40-36-34-30-26-22-18-14-10-6-2/h69-71,76-90,95-102H,5-68H2,1-4H3,(H,103,104). The lowest BCUT2D eigenvalue weighted by molar-refractivity contribution is -0.360. The number of ether oxygens (including phenoxy) is 8. The summed E-state index contributed by atoms with van der Waals surface area (Å²) in [6, 6.07) is 0. The third-order valence-corrected chi connectivity index (χ3v) is 24.1. The highest BCUT2D eigenvalue weighted by molar-refractivity contribution is 7.47. The van der Waals surface area contributed by atoms with Gasteiger partial charge in [-0.3, -0.25) is 28.2 Å². The first-order valence-electron chi connectivity index (χ1n) is 46.8. The number of carbonyl (C=O) groups is 4. The van der Waals surface area contributed by atoms with E-state index >= 15 is 0 Å². The zero-order chi connectivity index (χ0) is 84.0. The van der Waals surface area contributed by atoms with Crippen LogP contribution in [0, 0.1) is 0 Å². The molecule has 678 valence electrons. The van der Waals surface area contributed by atoms with Crippen molar-refractivity contribution in [3.63, 3.8) is 0 Å². The molecule has 1 saturated carbocycles. The molecule has 3 rings (SSSR count). The van der Waals surface area contributed by atoms with E-state index in [1.807, 2.05) is 0 Å². The van der Waals surface area contributed by atoms with Gasteiger partial charge in [0, 0.05) is 25.7 Å². The molecule has 1 aliphatic carbocycles. The number of hydrogen-bond acceptors (Lipinski definition) is 24. The van der Waals surface area contributed by atoms with Gasteiger partial charge in [-0.15, -0.1) is 0 Å². The summed E-state index contributed by atoms with van der Waals surface area (Å²) >= 11 is 0. The SMILES string of the molecule is CCCCCCCCCCCCCCCCCC(=O)OCC(COP(=O)(O)OC1C(OC2OC(CO)C(O)C(O)C2O)C(O)C(O)C(OC(=O)CCCCCCCCCCCCCCC)C1OC1OC(COC(=O)CCCCCCCCCCCCCCCCC)C(O)C(O)C1O)OC(=O)CCCCCCCCCCCCCCC. The van der Waals surface area contributed by atoms with Crippen LogP contribution in [0.15, 0.2) is 0 Å². The summed E-state index contributed by atoms with van der Waals surface area (Å²) in [5, 5.41) is 102. The van der Waals surface area contributed by atoms with Crippen molar-refractivity contribution < 1.29 is 122 Å². The molecule has 0 aromatic rings. The number of aliphatic hydroxyl groups is 9. The Morgan fingerprint density at radius 3 is 0.948 bits per heavy atom. The normalized spacial score (nSPS) is 25.2. The number of aliphatic hydroxyl groups excluding tert-OH is 9. The van der Waals surface area contributed by atoms with Crippen molar-refractivity contribution in [2.45, 2.75) is 517 Å². The van der Waals surface area contributed by atoms with E-state index in [0.29, 0.717) is 32.1 Å². The van der Waals surface area contributed by atoms with Gasteiger partial charge in [0.2, 0.25) is 0 Å². The minimum atomic E-state index is -5.80. The smallest absolute Gasteiger partial charge is 0.463 e. The van der Waals surface area contributed by atoms with Gasteiger partial charge in [0.1, 0.15) is 92.6 Å². The van der Waals surface area contributed by atoms with Crippen LogP contribution in [0.3, 0.4) is 0 Å². The molecule has 0 bridgehead atoms. The number of esters is 4. The molecule has 2 aliphatic heterocycles. The maximum Gasteiger partial charge on any atom is 0.472 e. The molecule has 0 amide bonds. The minimum Gasteiger partial charge on any atom is -0.463 e. The molecule has 18 unspecified atom stereocenters. The van der Waals surface area contributed by atoms with E-state index in [1.54, 1.807) is 0 Å². The second-order valence-electron chi connectivity index (χ2n) is 33.5. The molecule has 26 heteroatoms. The van der Waals surface area contributed by atoms with Gasteiger partial charge in [-0.2, -0.15) is 0 Å². The number of phosphoric acid groups is 1. The van der Waals surface area contributed by atoms with E-state index in [4.69, 9.17) is 46.9 Å². The summed E-state index contributed by atoms with van der Waals surface area (Å²) in [6.45, 7) is 5.62. The molecule has 0 spiro atoms. The fourth-order valence-corrected chi connectivity index (χ4v) is 16.6. The molecule has 25 nitrogen and oxygen atoms in total. The van der Waals surface area contributed by atoms with E-state index < -0.39 is 162 Å². The number of phosphoric ester groups is 1. The molecule has 2 saturated heterocycles. The van der Waals surface area contributed by atoms with Crippen LogP contribution in [0.2, 0.25) is 0 Å². The Labute approximate surface area is 693 Å². The Hall–Kier alpha value is -2.53. The second kappa shape index (κ2) is 68.9. The van der Waals surface area contributed by atoms with Crippen LogP contribution in [0.25, 0.3) is 0 Å². The van der Waals surface area contributed by atoms with Crippen molar-refractivity contribution in [2.75, 3.05) is 26.4 Å². The first kappa shape index (κ1) is 107. The summed E-state index contributed by atoms with van der Waals surface area (Å²) in [5.74, 6) is -2.94. The quantitative estimate of drug-likeness (QED) is 0.0117. The second-order valence-corrected chi connectivity index (χ2v) is 35.0. The highest BCUT2D eigenvalue weighted by Crippen LogP contribution is 2.49. The fraction of sp³-hybridized carbons (Fsp3) is 0.955. The molecule has 10 N–H and O–H groups in total. The molecule has 115 heavy (non-hydrogen) atoms. The van der Waals surface area contributed by atoms with E-state index in [2.05, 4.69) is 27.7 Å². The predicted molar refractivity (Wildman–Crippen MR) is 444 cm³/mol. The largest absolute Gasteiger partial charge is 0.472 e. The van der Waals surface area contributed by atoms with Crippen LogP contribution in [-0.4, -0.2) is 205 Å². The molecule has 0 radical (unpaired) electrons. The Morgan fingerprint density at radius 2 is 0.600 bits per heavy atom. The van der Waals surface area contributed by atoms with Gasteiger partial charge in [-0.25, -0.2) is 4.57 Å². The van der Waals surface area contributed by atoms with Gasteiger partial charge in [0.15, 0.2) is 24.8 Å². The third-order valence-electron chi connectivity index (χ3n) is 23.1. The van der Waals surface area contributed by atoms with Crippen molar-refractivity contribution >= 4 is 31.7 Å². The van der Waals surface area contributed by atoms with Gasteiger partial charge in [0.25, 0.3) is 0 Å². The van der Waals surface area contributed by atoms with Gasteiger partial charge in [-0.05, 0) is 25.7 Å². The average Bonchev–Trinajstić information content (AvgIpc) is 0.755. The Morgan fingerprint density at radius 1 is 0.313 bits per heavy atom.